The molecule has 0 bridgehead atoms. The Labute approximate surface area is 335 Å². The molecular formula is C53H46N4. The fraction of sp³-hybridized carbons (Fsp3) is 0.170. The molecule has 4 nitrogen and oxygen atoms in total. The molecule has 3 heterocycles. The monoisotopic (exact) mass is 738 g/mol. The quantitative estimate of drug-likeness (QED) is 0.185. The van der Waals surface area contributed by atoms with E-state index in [1.807, 2.05) is 0 Å². The molecule has 0 saturated carbocycles. The molecule has 0 fully saturated rings. The van der Waals surface area contributed by atoms with Gasteiger partial charge < -0.3 is 14.8 Å². The number of allylic oxidation sites excluding steroid dienone is 8. The van der Waals surface area contributed by atoms with Crippen LogP contribution in [0.3, 0.4) is 0 Å². The molecule has 6 aromatic rings. The predicted octanol–water partition coefficient (Wildman–Crippen LogP) is 11.8. The summed E-state index contributed by atoms with van der Waals surface area (Å²) in [6.07, 6.45) is 25.5. The summed E-state index contributed by atoms with van der Waals surface area (Å²) in [5.74, 6) is 1.87. The number of rotatable bonds is 5. The molecule has 2 N–H and O–H groups in total. The van der Waals surface area contributed by atoms with E-state index in [2.05, 4.69) is 215 Å². The highest BCUT2D eigenvalue weighted by Gasteiger charge is 2.42. The minimum atomic E-state index is -0.0718. The lowest BCUT2D eigenvalue weighted by atomic mass is 9.78. The van der Waals surface area contributed by atoms with Gasteiger partial charge in [0.25, 0.3) is 0 Å². The zero-order chi connectivity index (χ0) is 37.9. The number of hydrogen-bond acceptors (Lipinski definition) is 3. The van der Waals surface area contributed by atoms with Crippen LogP contribution in [0.4, 0.5) is 0 Å². The van der Waals surface area contributed by atoms with Crippen molar-refractivity contribution in [3.05, 3.63) is 228 Å². The SMILES string of the molecule is C[C@@H]1C(C2NC(N3C4=C(CCC=C4)c4c(c5ccccc5n4-c4ccc5ccccc5c4)C4C=CC=CC43)=CC(c3ccccc3)N2)=CC=CC1c1ccccc1. The molecule has 4 heteroatoms. The Hall–Kier alpha value is -6.36. The van der Waals surface area contributed by atoms with E-state index >= 15 is 0 Å². The zero-order valence-electron chi connectivity index (χ0n) is 32.2. The number of benzene rings is 5. The fourth-order valence-corrected chi connectivity index (χ4v) is 10.2. The van der Waals surface area contributed by atoms with E-state index in [1.54, 1.807) is 0 Å². The molecule has 0 radical (unpaired) electrons. The summed E-state index contributed by atoms with van der Waals surface area (Å²) in [6.45, 7) is 2.39. The molecule has 57 heavy (non-hydrogen) atoms. The summed E-state index contributed by atoms with van der Waals surface area (Å²) < 4.78 is 2.57. The number of para-hydroxylation sites is 1. The lowest BCUT2D eigenvalue weighted by molar-refractivity contribution is 0.284. The Bertz CT molecular complexity index is 2740. The third-order valence-corrected chi connectivity index (χ3v) is 12.9. The van der Waals surface area contributed by atoms with E-state index in [4.69, 9.17) is 0 Å². The van der Waals surface area contributed by atoms with Gasteiger partial charge in [-0.3, -0.25) is 5.32 Å². The number of fused-ring (bicyclic) bond motifs is 7. The Morgan fingerprint density at radius 1 is 0.684 bits per heavy atom. The van der Waals surface area contributed by atoms with Gasteiger partial charge in [0.2, 0.25) is 0 Å². The molecule has 5 aromatic carbocycles. The van der Waals surface area contributed by atoms with Gasteiger partial charge in [-0.05, 0) is 82.1 Å². The van der Waals surface area contributed by atoms with Crippen molar-refractivity contribution < 1.29 is 0 Å². The first-order valence-electron chi connectivity index (χ1n) is 20.6. The minimum absolute atomic E-state index is 0.0118. The maximum absolute atomic E-state index is 4.15. The highest BCUT2D eigenvalue weighted by Crippen LogP contribution is 2.50. The van der Waals surface area contributed by atoms with Crippen molar-refractivity contribution in [2.75, 3.05) is 0 Å². The Kier molecular flexibility index (Phi) is 8.33. The molecule has 11 rings (SSSR count). The van der Waals surface area contributed by atoms with Crippen LogP contribution in [0.2, 0.25) is 0 Å². The van der Waals surface area contributed by atoms with Crippen LogP contribution in [-0.4, -0.2) is 21.7 Å². The van der Waals surface area contributed by atoms with Crippen LogP contribution < -0.4 is 10.6 Å². The number of nitrogens with zero attached hydrogens (tertiary/aromatic N) is 2. The van der Waals surface area contributed by atoms with Gasteiger partial charge in [-0.2, -0.15) is 0 Å². The summed E-state index contributed by atoms with van der Waals surface area (Å²) >= 11 is 0. The summed E-state index contributed by atoms with van der Waals surface area (Å²) in [5, 5.41) is 12.1. The van der Waals surface area contributed by atoms with Crippen LogP contribution in [-0.2, 0) is 0 Å². The summed E-state index contributed by atoms with van der Waals surface area (Å²) in [4.78, 5) is 2.65. The molecule has 6 atom stereocenters. The van der Waals surface area contributed by atoms with Crippen molar-refractivity contribution in [3.8, 4) is 5.69 Å². The third-order valence-electron chi connectivity index (χ3n) is 12.9. The Morgan fingerprint density at radius 3 is 2.28 bits per heavy atom. The smallest absolute Gasteiger partial charge is 0.106 e. The van der Waals surface area contributed by atoms with Crippen molar-refractivity contribution in [2.45, 2.75) is 49.9 Å². The van der Waals surface area contributed by atoms with E-state index < -0.39 is 0 Å². The molecule has 5 unspecified atom stereocenters. The number of hydrogen-bond donors (Lipinski definition) is 2. The van der Waals surface area contributed by atoms with Crippen LogP contribution in [0, 0.1) is 5.92 Å². The first kappa shape index (κ1) is 33.9. The summed E-state index contributed by atoms with van der Waals surface area (Å²) in [7, 11) is 0. The Morgan fingerprint density at radius 2 is 1.42 bits per heavy atom. The van der Waals surface area contributed by atoms with Gasteiger partial charge in [-0.1, -0.05) is 165 Å². The third kappa shape index (κ3) is 5.70. The molecule has 0 amide bonds. The van der Waals surface area contributed by atoms with Crippen molar-refractivity contribution in [1.29, 1.82) is 0 Å². The number of nitrogens with one attached hydrogen (secondary N) is 2. The van der Waals surface area contributed by atoms with E-state index in [1.165, 1.54) is 66.6 Å². The van der Waals surface area contributed by atoms with Crippen LogP contribution >= 0.6 is 0 Å². The Balaban J connectivity index is 1.10. The van der Waals surface area contributed by atoms with E-state index in [-0.39, 0.29) is 24.2 Å². The lowest BCUT2D eigenvalue weighted by Gasteiger charge is -2.45. The first-order chi connectivity index (χ1) is 28.2. The molecular weight excluding hydrogens is 693 g/mol. The summed E-state index contributed by atoms with van der Waals surface area (Å²) in [5.41, 5.74) is 11.9. The van der Waals surface area contributed by atoms with Crippen LogP contribution in [0.1, 0.15) is 60.0 Å². The fourth-order valence-electron chi connectivity index (χ4n) is 10.2. The van der Waals surface area contributed by atoms with Gasteiger partial charge in [0.15, 0.2) is 0 Å². The van der Waals surface area contributed by atoms with Crippen molar-refractivity contribution in [3.63, 3.8) is 0 Å². The second kappa shape index (κ2) is 14.0. The largest absolute Gasteiger partial charge is 0.353 e. The average Bonchev–Trinajstić information content (AvgIpc) is 3.56. The van der Waals surface area contributed by atoms with Gasteiger partial charge in [0.05, 0.1) is 23.3 Å². The molecule has 0 spiro atoms. The van der Waals surface area contributed by atoms with E-state index in [0.717, 1.165) is 18.7 Å². The molecule has 5 aliphatic rings. The molecule has 2 aliphatic heterocycles. The molecule has 3 aliphatic carbocycles. The van der Waals surface area contributed by atoms with Gasteiger partial charge in [0.1, 0.15) is 12.0 Å². The maximum atomic E-state index is 4.15. The first-order valence-corrected chi connectivity index (χ1v) is 20.6. The normalized spacial score (nSPS) is 25.0. The van der Waals surface area contributed by atoms with Crippen LogP contribution in [0.5, 0.6) is 0 Å². The van der Waals surface area contributed by atoms with Crippen molar-refractivity contribution in [2.24, 2.45) is 5.92 Å². The molecule has 0 saturated heterocycles. The summed E-state index contributed by atoms with van der Waals surface area (Å²) in [6, 6.07) is 46.7. The van der Waals surface area contributed by atoms with Crippen LogP contribution in [0.15, 0.2) is 205 Å². The van der Waals surface area contributed by atoms with E-state index in [0.29, 0.717) is 11.8 Å². The van der Waals surface area contributed by atoms with E-state index in [9.17, 15) is 0 Å². The second-order valence-corrected chi connectivity index (χ2v) is 16.1. The minimum Gasteiger partial charge on any atom is -0.353 e. The van der Waals surface area contributed by atoms with Gasteiger partial charge in [-0.15, -0.1) is 0 Å². The van der Waals surface area contributed by atoms with Crippen molar-refractivity contribution in [1.82, 2.24) is 20.1 Å². The lowest BCUT2D eigenvalue weighted by Crippen LogP contribution is -2.54. The molecule has 278 valence electrons. The van der Waals surface area contributed by atoms with Gasteiger partial charge in [0, 0.05) is 34.2 Å². The van der Waals surface area contributed by atoms with Gasteiger partial charge >= 0.3 is 0 Å². The highest BCUT2D eigenvalue weighted by atomic mass is 15.3. The topological polar surface area (TPSA) is 32.2 Å². The second-order valence-electron chi connectivity index (χ2n) is 16.1. The van der Waals surface area contributed by atoms with Crippen LogP contribution in [0.25, 0.3) is 32.9 Å². The van der Waals surface area contributed by atoms with Gasteiger partial charge in [-0.25, -0.2) is 0 Å². The highest BCUT2D eigenvalue weighted by molar-refractivity contribution is 5.95. The predicted molar refractivity (Wildman–Crippen MR) is 236 cm³/mol. The molecule has 1 aromatic heterocycles. The standard InChI is InChI=1S/C53H46N4/c1-35-41(37-18-4-2-5-19-37)26-16-27-42(35)53-54-46(38-20-6-3-7-21-38)34-50(55-53)57-48-29-14-11-24-44(48)51-43-23-10-13-28-47(43)56(52(51)45-25-12-15-30-49(45)57)40-32-31-36-17-8-9-22-39(36)33-40/h2-11,13-24,26-35,41,44,46,48,53-55H,12,25H2,1H3/t35-,41?,44?,46?,48?,53?/m0/s1. The zero-order valence-corrected chi connectivity index (χ0v) is 32.2. The average molecular weight is 739 g/mol. The van der Waals surface area contributed by atoms with Crippen molar-refractivity contribution >= 4 is 27.2 Å². The number of aromatic nitrogens is 1. The maximum Gasteiger partial charge on any atom is 0.106 e.